The molecule has 3 saturated heterocycles. The molecule has 0 aliphatic carbocycles. The highest BCUT2D eigenvalue weighted by Gasteiger charge is 2.69. The molecule has 3 aliphatic heterocycles. The molecule has 3 fully saturated rings. The highest BCUT2D eigenvalue weighted by molar-refractivity contribution is 6.04. The van der Waals surface area contributed by atoms with Crippen molar-refractivity contribution >= 4 is 28.7 Å². The summed E-state index contributed by atoms with van der Waals surface area (Å²) in [5, 5.41) is 45.5. The average molecular weight is 424 g/mol. The molecule has 0 saturated carbocycles. The Kier molecular flexibility index (Phi) is 4.31. The minimum absolute atomic E-state index is 0.00131. The molecule has 6 N–H and O–H groups in total. The van der Waals surface area contributed by atoms with Crippen molar-refractivity contribution in [3.63, 3.8) is 0 Å². The van der Waals surface area contributed by atoms with Gasteiger partial charge in [0.15, 0.2) is 11.6 Å². The van der Waals surface area contributed by atoms with Crippen LogP contribution < -0.4 is 10.6 Å². The van der Waals surface area contributed by atoms with E-state index in [0.29, 0.717) is 5.56 Å². The fraction of sp³-hybridized carbons (Fsp3) is 0.381. The summed E-state index contributed by atoms with van der Waals surface area (Å²) in [6.45, 7) is 1.71. The Morgan fingerprint density at radius 3 is 2.71 bits per heavy atom. The normalized spacial score (nSPS) is 31.8. The quantitative estimate of drug-likeness (QED) is 0.391. The van der Waals surface area contributed by atoms with Gasteiger partial charge in [-0.1, -0.05) is 43.3 Å². The molecule has 10 nitrogen and oxygen atoms in total. The monoisotopic (exact) mass is 424 g/mol. The van der Waals surface area contributed by atoms with Gasteiger partial charge in [-0.2, -0.15) is 5.06 Å². The number of carbonyl (C=O) groups excluding carboxylic acids is 1. The maximum absolute atomic E-state index is 13.1. The van der Waals surface area contributed by atoms with E-state index in [1.807, 2.05) is 37.3 Å². The Hall–Kier alpha value is -3.37. The van der Waals surface area contributed by atoms with Gasteiger partial charge >= 0.3 is 5.97 Å². The van der Waals surface area contributed by atoms with Crippen molar-refractivity contribution in [2.75, 3.05) is 13.2 Å². The third kappa shape index (κ3) is 2.55. The van der Waals surface area contributed by atoms with E-state index in [1.54, 1.807) is 17.0 Å². The summed E-state index contributed by atoms with van der Waals surface area (Å²) in [5.74, 6) is -1.17. The topological polar surface area (TPSA) is 145 Å². The Bertz CT molecular complexity index is 1090. The van der Waals surface area contributed by atoms with Gasteiger partial charge in [-0.3, -0.25) is 16.0 Å². The molecule has 0 amide bonds. The molecule has 0 bridgehead atoms. The lowest BCUT2D eigenvalue weighted by Gasteiger charge is -2.51. The first-order valence-electron chi connectivity index (χ1n) is 10.2. The largest absolute Gasteiger partial charge is 0.456 e. The van der Waals surface area contributed by atoms with Crippen molar-refractivity contribution in [1.29, 1.82) is 10.8 Å². The summed E-state index contributed by atoms with van der Waals surface area (Å²) in [6, 6.07) is 11.8. The van der Waals surface area contributed by atoms with Crippen LogP contribution in [0.15, 0.2) is 42.5 Å². The molecule has 10 heteroatoms. The van der Waals surface area contributed by atoms with Gasteiger partial charge in [-0.25, -0.2) is 4.79 Å². The maximum atomic E-state index is 13.1. The molecule has 3 heterocycles. The van der Waals surface area contributed by atoms with Crippen LogP contribution >= 0.6 is 0 Å². The number of hydroxylamine groups is 2. The minimum atomic E-state index is -1.23. The number of aliphatic hydroxyl groups is 1. The lowest BCUT2D eigenvalue weighted by Crippen LogP contribution is -2.75. The van der Waals surface area contributed by atoms with Crippen molar-refractivity contribution in [3.8, 4) is 0 Å². The second kappa shape index (κ2) is 6.82. The standard InChI is InChI=1S/C21H24N6O4/c1-11-16(31-18(29)14-8-4-6-12-5-2-3-7-13(12)14)9-26-19(22)24-15(10-28)17-21(11,26)27(30)20(23)25-17/h2-8,11,15-17,28,30H,9-10H2,1H3,(H2,22,24)(H2,23,25)/t11-,15?,16+,17?,21?/m1/s1. The van der Waals surface area contributed by atoms with E-state index in [-0.39, 0.29) is 25.1 Å². The molecular weight excluding hydrogens is 400 g/mol. The first-order valence-corrected chi connectivity index (χ1v) is 10.2. The summed E-state index contributed by atoms with van der Waals surface area (Å²) in [4.78, 5) is 14.7. The fourth-order valence-electron chi connectivity index (χ4n) is 5.29. The van der Waals surface area contributed by atoms with E-state index in [0.717, 1.165) is 15.8 Å². The first kappa shape index (κ1) is 19.6. The van der Waals surface area contributed by atoms with Crippen LogP contribution in [0.5, 0.6) is 0 Å². The Morgan fingerprint density at radius 2 is 1.94 bits per heavy atom. The number of nitrogens with one attached hydrogen (secondary N) is 4. The van der Waals surface area contributed by atoms with Crippen LogP contribution in [0.4, 0.5) is 0 Å². The predicted molar refractivity (Wildman–Crippen MR) is 112 cm³/mol. The second-order valence-corrected chi connectivity index (χ2v) is 8.22. The van der Waals surface area contributed by atoms with Crippen LogP contribution in [0.1, 0.15) is 17.3 Å². The number of benzene rings is 2. The Labute approximate surface area is 178 Å². The molecule has 31 heavy (non-hydrogen) atoms. The van der Waals surface area contributed by atoms with E-state index < -0.39 is 35.7 Å². The van der Waals surface area contributed by atoms with Crippen molar-refractivity contribution in [2.24, 2.45) is 5.92 Å². The highest BCUT2D eigenvalue weighted by Crippen LogP contribution is 2.46. The van der Waals surface area contributed by atoms with Gasteiger partial charge in [-0.05, 0) is 16.8 Å². The van der Waals surface area contributed by atoms with E-state index in [9.17, 15) is 15.1 Å². The summed E-state index contributed by atoms with van der Waals surface area (Å²) in [7, 11) is 0. The van der Waals surface area contributed by atoms with Gasteiger partial charge in [0.05, 0.1) is 30.8 Å². The van der Waals surface area contributed by atoms with E-state index in [1.165, 1.54) is 0 Å². The Balaban J connectivity index is 1.49. The number of esters is 1. The molecule has 3 aliphatic rings. The molecule has 0 radical (unpaired) electrons. The lowest BCUT2D eigenvalue weighted by molar-refractivity contribution is -0.170. The molecule has 5 atom stereocenters. The van der Waals surface area contributed by atoms with Gasteiger partial charge in [0, 0.05) is 5.92 Å². The van der Waals surface area contributed by atoms with Gasteiger partial charge in [-0.15, -0.1) is 0 Å². The number of carbonyl (C=O) groups is 1. The number of rotatable bonds is 3. The zero-order valence-electron chi connectivity index (χ0n) is 16.9. The third-order valence-electron chi connectivity index (χ3n) is 6.78. The van der Waals surface area contributed by atoms with E-state index >= 15 is 0 Å². The van der Waals surface area contributed by atoms with Crippen LogP contribution in [0, 0.1) is 16.7 Å². The van der Waals surface area contributed by atoms with Gasteiger partial charge in [0.1, 0.15) is 6.10 Å². The highest BCUT2D eigenvalue weighted by atomic mass is 16.6. The predicted octanol–water partition coefficient (Wildman–Crippen LogP) is 0.510. The summed E-state index contributed by atoms with van der Waals surface area (Å²) in [6.07, 6.45) is -0.643. The Morgan fingerprint density at radius 1 is 1.19 bits per heavy atom. The van der Waals surface area contributed by atoms with Crippen molar-refractivity contribution in [3.05, 3.63) is 48.0 Å². The molecule has 2 aromatic carbocycles. The van der Waals surface area contributed by atoms with Gasteiger partial charge in [0.25, 0.3) is 0 Å². The number of guanidine groups is 2. The smallest absolute Gasteiger partial charge is 0.339 e. The van der Waals surface area contributed by atoms with E-state index in [2.05, 4.69) is 10.6 Å². The fourth-order valence-corrected chi connectivity index (χ4v) is 5.29. The zero-order chi connectivity index (χ0) is 21.9. The summed E-state index contributed by atoms with van der Waals surface area (Å²) in [5.41, 5.74) is -0.778. The van der Waals surface area contributed by atoms with E-state index in [4.69, 9.17) is 15.6 Å². The lowest BCUT2D eigenvalue weighted by atomic mass is 9.82. The van der Waals surface area contributed by atoms with Crippen LogP contribution in [-0.2, 0) is 4.74 Å². The van der Waals surface area contributed by atoms with Crippen molar-refractivity contribution in [1.82, 2.24) is 20.6 Å². The maximum Gasteiger partial charge on any atom is 0.339 e. The SMILES string of the molecule is C[C@@H]1[C@@H](OC(=O)c2cccc3ccccc23)CN2C(=N)NC(CO)C3NC(=N)N(O)C312. The number of aliphatic hydroxyl groups excluding tert-OH is 1. The molecule has 2 aromatic rings. The number of hydrogen-bond acceptors (Lipinski definition) is 6. The number of hydrogen-bond donors (Lipinski definition) is 6. The molecular formula is C21H24N6O4. The molecule has 0 aromatic heterocycles. The van der Waals surface area contributed by atoms with Crippen molar-refractivity contribution < 1.29 is 19.8 Å². The first-order chi connectivity index (χ1) is 14.9. The molecule has 1 spiro atoms. The minimum Gasteiger partial charge on any atom is -0.456 e. The average Bonchev–Trinajstić information content (AvgIpc) is 3.22. The van der Waals surface area contributed by atoms with Crippen LogP contribution in [0.3, 0.4) is 0 Å². The van der Waals surface area contributed by atoms with Crippen LogP contribution in [0.2, 0.25) is 0 Å². The van der Waals surface area contributed by atoms with Gasteiger partial charge < -0.3 is 25.4 Å². The van der Waals surface area contributed by atoms with Crippen LogP contribution in [-0.4, -0.2) is 75.2 Å². The zero-order valence-corrected chi connectivity index (χ0v) is 16.9. The summed E-state index contributed by atoms with van der Waals surface area (Å²) < 4.78 is 5.91. The van der Waals surface area contributed by atoms with Gasteiger partial charge in [0.2, 0.25) is 5.96 Å². The number of ether oxygens (including phenoxy) is 1. The second-order valence-electron chi connectivity index (χ2n) is 8.22. The van der Waals surface area contributed by atoms with Crippen LogP contribution in [0.25, 0.3) is 10.8 Å². The van der Waals surface area contributed by atoms with Crippen molar-refractivity contribution in [2.45, 2.75) is 30.8 Å². The molecule has 3 unspecified atom stereocenters. The molecule has 162 valence electrons. The summed E-state index contributed by atoms with van der Waals surface area (Å²) >= 11 is 0. The number of fused-ring (bicyclic) bond motifs is 1. The molecule has 5 rings (SSSR count). The third-order valence-corrected chi connectivity index (χ3v) is 6.78. The number of nitrogens with zero attached hydrogens (tertiary/aromatic N) is 2.